The van der Waals surface area contributed by atoms with Crippen LogP contribution in [0.2, 0.25) is 0 Å². The molecule has 3 aromatic rings. The standard InChI is InChI=1S/C20H17F3N6O2/c21-20(22,23)13-6-2-1-4-11(13)18(30)25-9-8-24-10-15-26-14-7-3-5-12-16(14)17(27-15)28-29-19(12)31/h1-7,24H,8-10H2,(H,25,30)(H,29,31)(H,26,27,28). The number of rotatable bonds is 6. The Bertz CT molecular complexity index is 1240. The lowest BCUT2D eigenvalue weighted by Gasteiger charge is -2.18. The third kappa shape index (κ3) is 4.26. The molecular formula is C20H17F3N6O2. The average Bonchev–Trinajstić information content (AvgIpc) is 2.75. The summed E-state index contributed by atoms with van der Waals surface area (Å²) in [7, 11) is 0. The van der Waals surface area contributed by atoms with Gasteiger partial charge in [-0.25, -0.2) is 10.1 Å². The van der Waals surface area contributed by atoms with Crippen LogP contribution in [-0.2, 0) is 6.18 Å². The first-order chi connectivity index (χ1) is 14.8. The number of H-pyrrole nitrogens is 1. The highest BCUT2D eigenvalue weighted by Gasteiger charge is 2.34. The highest BCUT2D eigenvalue weighted by molar-refractivity contribution is 6.12. The summed E-state index contributed by atoms with van der Waals surface area (Å²) in [5.74, 6) is 0.141. The van der Waals surface area contributed by atoms with Gasteiger partial charge in [-0.3, -0.25) is 9.59 Å². The van der Waals surface area contributed by atoms with E-state index >= 15 is 0 Å². The molecule has 1 aliphatic rings. The van der Waals surface area contributed by atoms with Crippen molar-refractivity contribution < 1.29 is 18.0 Å². The fourth-order valence-electron chi connectivity index (χ4n) is 3.28. The maximum atomic E-state index is 13.0. The zero-order valence-electron chi connectivity index (χ0n) is 16.0. The van der Waals surface area contributed by atoms with Crippen LogP contribution in [0.3, 0.4) is 0 Å². The fourth-order valence-corrected chi connectivity index (χ4v) is 3.28. The van der Waals surface area contributed by atoms with Gasteiger partial charge in [-0.15, -0.1) is 0 Å². The van der Waals surface area contributed by atoms with Gasteiger partial charge in [-0.05, 0) is 24.3 Å². The van der Waals surface area contributed by atoms with Crippen molar-refractivity contribution in [2.45, 2.75) is 6.18 Å². The topological polar surface area (TPSA) is 111 Å². The maximum Gasteiger partial charge on any atom is 0.417 e. The first-order valence-electron chi connectivity index (χ1n) is 9.36. The lowest BCUT2D eigenvalue weighted by molar-refractivity contribution is -0.137. The van der Waals surface area contributed by atoms with Crippen molar-refractivity contribution in [2.75, 3.05) is 25.0 Å². The lowest BCUT2D eigenvalue weighted by Crippen LogP contribution is -2.36. The molecule has 0 aliphatic carbocycles. The molecule has 0 bridgehead atoms. The van der Waals surface area contributed by atoms with E-state index in [0.29, 0.717) is 41.2 Å². The molecule has 31 heavy (non-hydrogen) atoms. The molecule has 11 heteroatoms. The second-order valence-corrected chi connectivity index (χ2v) is 6.76. The number of anilines is 1. The number of amidine groups is 1. The molecule has 2 aromatic carbocycles. The molecule has 8 nitrogen and oxygen atoms in total. The summed E-state index contributed by atoms with van der Waals surface area (Å²) >= 11 is 0. The van der Waals surface area contributed by atoms with Gasteiger partial charge in [-0.2, -0.15) is 18.3 Å². The Balaban J connectivity index is 1.33. The van der Waals surface area contributed by atoms with Crippen LogP contribution in [0.4, 0.5) is 24.7 Å². The van der Waals surface area contributed by atoms with Crippen molar-refractivity contribution in [3.8, 4) is 0 Å². The van der Waals surface area contributed by atoms with Gasteiger partial charge in [0.1, 0.15) is 5.84 Å². The van der Waals surface area contributed by atoms with E-state index in [4.69, 9.17) is 0 Å². The molecule has 1 aliphatic heterocycles. The number of alkyl halides is 3. The lowest BCUT2D eigenvalue weighted by atomic mass is 10.1. The summed E-state index contributed by atoms with van der Waals surface area (Å²) in [6.07, 6.45) is -4.60. The van der Waals surface area contributed by atoms with Crippen LogP contribution in [0.1, 0.15) is 15.9 Å². The molecule has 160 valence electrons. The summed E-state index contributed by atoms with van der Waals surface area (Å²) in [5, 5.41) is 16.1. The molecule has 4 rings (SSSR count). The first kappa shape index (κ1) is 20.5. The second-order valence-electron chi connectivity index (χ2n) is 6.76. The van der Waals surface area contributed by atoms with Gasteiger partial charge < -0.3 is 16.0 Å². The molecule has 0 atom stereocenters. The number of aromatic amines is 1. The Labute approximate surface area is 173 Å². The van der Waals surface area contributed by atoms with Crippen LogP contribution >= 0.6 is 0 Å². The van der Waals surface area contributed by atoms with Crippen LogP contribution in [-0.4, -0.2) is 41.6 Å². The number of benzene rings is 2. The fraction of sp³-hybridized carbons (Fsp3) is 0.200. The third-order valence-corrected chi connectivity index (χ3v) is 4.67. The van der Waals surface area contributed by atoms with Crippen LogP contribution in [0, 0.1) is 0 Å². The van der Waals surface area contributed by atoms with Crippen molar-refractivity contribution in [1.82, 2.24) is 20.8 Å². The molecule has 0 fully saturated rings. The van der Waals surface area contributed by atoms with E-state index in [0.717, 1.165) is 12.1 Å². The SMILES string of the molecule is O=C(NCCNCC1=Nc2n[nH]c(=O)c3cccc(c23)N1)c1ccccc1C(F)(F)F. The quantitative estimate of drug-likeness (QED) is 0.449. The number of carbonyl (C=O) groups excluding carboxylic acids is 1. The summed E-state index contributed by atoms with van der Waals surface area (Å²) < 4.78 is 39.1. The molecule has 0 saturated carbocycles. The minimum Gasteiger partial charge on any atom is -0.351 e. The van der Waals surface area contributed by atoms with Gasteiger partial charge in [0.2, 0.25) is 0 Å². The van der Waals surface area contributed by atoms with Gasteiger partial charge in [0.05, 0.1) is 34.1 Å². The maximum absolute atomic E-state index is 13.0. The number of aliphatic imine (C=N–C) groups is 1. The van der Waals surface area contributed by atoms with Crippen molar-refractivity contribution >= 4 is 34.0 Å². The predicted octanol–water partition coefficient (Wildman–Crippen LogP) is 2.42. The summed E-state index contributed by atoms with van der Waals surface area (Å²) in [4.78, 5) is 28.4. The molecule has 0 radical (unpaired) electrons. The summed E-state index contributed by atoms with van der Waals surface area (Å²) in [6, 6.07) is 9.87. The highest BCUT2D eigenvalue weighted by atomic mass is 19.4. The number of halogens is 3. The largest absolute Gasteiger partial charge is 0.417 e. The minimum atomic E-state index is -4.60. The van der Waals surface area contributed by atoms with Gasteiger partial charge >= 0.3 is 6.18 Å². The number of nitrogens with zero attached hydrogens (tertiary/aromatic N) is 2. The molecule has 2 heterocycles. The average molecular weight is 430 g/mol. The zero-order valence-corrected chi connectivity index (χ0v) is 16.0. The minimum absolute atomic E-state index is 0.121. The smallest absolute Gasteiger partial charge is 0.351 e. The van der Waals surface area contributed by atoms with Gasteiger partial charge in [0.25, 0.3) is 11.5 Å². The van der Waals surface area contributed by atoms with E-state index in [1.807, 2.05) is 0 Å². The number of nitrogens with one attached hydrogen (secondary N) is 4. The number of amides is 1. The summed E-state index contributed by atoms with van der Waals surface area (Å²) in [6.45, 7) is 0.721. The molecule has 0 saturated heterocycles. The van der Waals surface area contributed by atoms with E-state index in [1.54, 1.807) is 18.2 Å². The Morgan fingerprint density at radius 2 is 1.87 bits per heavy atom. The van der Waals surface area contributed by atoms with E-state index < -0.39 is 23.2 Å². The number of hydrogen-bond donors (Lipinski definition) is 4. The van der Waals surface area contributed by atoms with Crippen molar-refractivity contribution in [1.29, 1.82) is 0 Å². The predicted molar refractivity (Wildman–Crippen MR) is 110 cm³/mol. The Hall–Kier alpha value is -3.73. The van der Waals surface area contributed by atoms with Crippen molar-refractivity contribution in [2.24, 2.45) is 4.99 Å². The van der Waals surface area contributed by atoms with Gasteiger partial charge in [0, 0.05) is 13.1 Å². The van der Waals surface area contributed by atoms with Crippen molar-refractivity contribution in [3.63, 3.8) is 0 Å². The van der Waals surface area contributed by atoms with Gasteiger partial charge in [0.15, 0.2) is 5.82 Å². The third-order valence-electron chi connectivity index (χ3n) is 4.67. The highest BCUT2D eigenvalue weighted by Crippen LogP contribution is 2.32. The Morgan fingerprint density at radius 3 is 2.68 bits per heavy atom. The van der Waals surface area contributed by atoms with E-state index in [9.17, 15) is 22.8 Å². The van der Waals surface area contributed by atoms with Crippen LogP contribution < -0.4 is 21.5 Å². The van der Waals surface area contributed by atoms with Crippen LogP contribution in [0.15, 0.2) is 52.3 Å². The number of aromatic nitrogens is 2. The van der Waals surface area contributed by atoms with E-state index in [2.05, 4.69) is 31.1 Å². The number of hydrogen-bond acceptors (Lipinski definition) is 6. The monoisotopic (exact) mass is 430 g/mol. The normalized spacial score (nSPS) is 12.9. The molecule has 1 aromatic heterocycles. The van der Waals surface area contributed by atoms with Crippen LogP contribution in [0.25, 0.3) is 10.8 Å². The molecule has 0 unspecified atom stereocenters. The van der Waals surface area contributed by atoms with E-state index in [1.165, 1.54) is 12.1 Å². The first-order valence-corrected chi connectivity index (χ1v) is 9.36. The Kier molecular flexibility index (Phi) is 5.42. The molecular weight excluding hydrogens is 413 g/mol. The Morgan fingerprint density at radius 1 is 1.06 bits per heavy atom. The zero-order chi connectivity index (χ0) is 22.0. The molecule has 1 amide bonds. The molecule has 0 spiro atoms. The van der Waals surface area contributed by atoms with Crippen molar-refractivity contribution in [3.05, 3.63) is 63.9 Å². The van der Waals surface area contributed by atoms with Gasteiger partial charge in [-0.1, -0.05) is 18.2 Å². The number of carbonyl (C=O) groups is 1. The van der Waals surface area contributed by atoms with E-state index in [-0.39, 0.29) is 12.1 Å². The second kappa shape index (κ2) is 8.19. The van der Waals surface area contributed by atoms with Crippen LogP contribution in [0.5, 0.6) is 0 Å². The molecule has 4 N–H and O–H groups in total. The summed E-state index contributed by atoms with van der Waals surface area (Å²) in [5.41, 5.74) is -0.991.